The second kappa shape index (κ2) is 8.17. The minimum Gasteiger partial charge on any atom is -0.483 e. The van der Waals surface area contributed by atoms with Crippen molar-refractivity contribution in [1.29, 1.82) is 0 Å². The van der Waals surface area contributed by atoms with Gasteiger partial charge in [0.25, 0.3) is 5.91 Å². The molecule has 1 amide bonds. The maximum atomic E-state index is 12.2. The van der Waals surface area contributed by atoms with E-state index in [9.17, 15) is 13.6 Å². The van der Waals surface area contributed by atoms with Crippen molar-refractivity contribution in [2.45, 2.75) is 13.5 Å². The highest BCUT2D eigenvalue weighted by atomic mass is 35.5. The molecular formula is C16H13Cl2F2NO3. The predicted octanol–water partition coefficient (Wildman–Crippen LogP) is 4.92. The number of benzene rings is 2. The van der Waals surface area contributed by atoms with Crippen molar-refractivity contribution in [1.82, 2.24) is 0 Å². The largest absolute Gasteiger partial charge is 0.483 e. The molecule has 24 heavy (non-hydrogen) atoms. The van der Waals surface area contributed by atoms with Gasteiger partial charge in [0, 0.05) is 10.7 Å². The van der Waals surface area contributed by atoms with Crippen molar-refractivity contribution >= 4 is 34.8 Å². The first kappa shape index (κ1) is 18.3. The van der Waals surface area contributed by atoms with E-state index in [2.05, 4.69) is 10.1 Å². The minimum atomic E-state index is -2.97. The number of carbonyl (C=O) groups is 1. The summed E-state index contributed by atoms with van der Waals surface area (Å²) in [5.74, 6) is -0.0612. The van der Waals surface area contributed by atoms with Crippen LogP contribution in [0.4, 0.5) is 14.5 Å². The van der Waals surface area contributed by atoms with Gasteiger partial charge in [-0.3, -0.25) is 4.79 Å². The van der Waals surface area contributed by atoms with Crippen molar-refractivity contribution < 1.29 is 23.0 Å². The molecule has 0 atom stereocenters. The molecule has 0 bridgehead atoms. The molecule has 4 nitrogen and oxygen atoms in total. The van der Waals surface area contributed by atoms with Gasteiger partial charge in [-0.15, -0.1) is 0 Å². The van der Waals surface area contributed by atoms with Crippen LogP contribution in [0.25, 0.3) is 0 Å². The van der Waals surface area contributed by atoms with E-state index in [1.807, 2.05) is 0 Å². The van der Waals surface area contributed by atoms with E-state index in [4.69, 9.17) is 27.9 Å². The Labute approximate surface area is 147 Å². The number of hydrogen-bond acceptors (Lipinski definition) is 3. The molecule has 0 aliphatic carbocycles. The van der Waals surface area contributed by atoms with E-state index in [-0.39, 0.29) is 17.4 Å². The monoisotopic (exact) mass is 375 g/mol. The molecule has 8 heteroatoms. The van der Waals surface area contributed by atoms with Crippen LogP contribution in [0.5, 0.6) is 11.5 Å². The Bertz CT molecular complexity index is 741. The van der Waals surface area contributed by atoms with Crippen molar-refractivity contribution in [2.75, 3.05) is 11.9 Å². The van der Waals surface area contributed by atoms with Crippen LogP contribution in [0.2, 0.25) is 10.0 Å². The Morgan fingerprint density at radius 1 is 1.17 bits per heavy atom. The van der Waals surface area contributed by atoms with E-state index >= 15 is 0 Å². The Morgan fingerprint density at radius 2 is 1.88 bits per heavy atom. The van der Waals surface area contributed by atoms with Crippen LogP contribution in [0.15, 0.2) is 36.4 Å². The Kier molecular flexibility index (Phi) is 6.23. The smallest absolute Gasteiger partial charge is 0.387 e. The number of aryl methyl sites for hydroxylation is 1. The molecule has 1 N–H and O–H groups in total. The molecule has 0 saturated heterocycles. The van der Waals surface area contributed by atoms with E-state index < -0.39 is 12.5 Å². The molecular weight excluding hydrogens is 363 g/mol. The fraction of sp³-hybridized carbons (Fsp3) is 0.188. The summed E-state index contributed by atoms with van der Waals surface area (Å²) in [4.78, 5) is 11.9. The van der Waals surface area contributed by atoms with Crippen molar-refractivity contribution in [2.24, 2.45) is 0 Å². The SMILES string of the molecule is Cc1cc(Cl)ccc1OCC(=O)Nc1ccc(OC(F)F)c(Cl)c1. The lowest BCUT2D eigenvalue weighted by molar-refractivity contribution is -0.118. The molecule has 0 heterocycles. The summed E-state index contributed by atoms with van der Waals surface area (Å²) in [5, 5.41) is 3.08. The second-order valence-electron chi connectivity index (χ2n) is 4.77. The van der Waals surface area contributed by atoms with Gasteiger partial charge in [0.1, 0.15) is 11.5 Å². The third kappa shape index (κ3) is 5.25. The molecule has 0 saturated carbocycles. The fourth-order valence-electron chi connectivity index (χ4n) is 1.89. The fourth-order valence-corrected chi connectivity index (χ4v) is 2.34. The van der Waals surface area contributed by atoms with Crippen LogP contribution in [0.1, 0.15) is 5.56 Å². The summed E-state index contributed by atoms with van der Waals surface area (Å²) in [5.41, 5.74) is 1.13. The lowest BCUT2D eigenvalue weighted by Crippen LogP contribution is -2.20. The Balaban J connectivity index is 1.93. The molecule has 0 aliphatic heterocycles. The van der Waals surface area contributed by atoms with Gasteiger partial charge in [-0.25, -0.2) is 0 Å². The summed E-state index contributed by atoms with van der Waals surface area (Å²) >= 11 is 11.7. The first-order valence-corrected chi connectivity index (χ1v) is 7.54. The normalized spacial score (nSPS) is 10.6. The molecule has 0 aliphatic rings. The van der Waals surface area contributed by atoms with E-state index in [0.717, 1.165) is 5.56 Å². The highest BCUT2D eigenvalue weighted by molar-refractivity contribution is 6.32. The van der Waals surface area contributed by atoms with Crippen LogP contribution in [-0.4, -0.2) is 19.1 Å². The highest BCUT2D eigenvalue weighted by Crippen LogP contribution is 2.29. The Morgan fingerprint density at radius 3 is 2.50 bits per heavy atom. The molecule has 128 valence electrons. The highest BCUT2D eigenvalue weighted by Gasteiger charge is 2.11. The van der Waals surface area contributed by atoms with Crippen LogP contribution >= 0.6 is 23.2 Å². The van der Waals surface area contributed by atoms with Crippen LogP contribution in [-0.2, 0) is 4.79 Å². The third-order valence-corrected chi connectivity index (χ3v) is 3.46. The molecule has 2 rings (SSSR count). The average molecular weight is 376 g/mol. The van der Waals surface area contributed by atoms with E-state index in [1.54, 1.807) is 25.1 Å². The number of amides is 1. The standard InChI is InChI=1S/C16H13Cl2F2NO3/c1-9-6-10(17)2-4-13(9)23-8-15(22)21-11-3-5-14(12(18)7-11)24-16(19)20/h2-7,16H,8H2,1H3,(H,21,22). The molecule has 0 spiro atoms. The van der Waals surface area contributed by atoms with Gasteiger partial charge in [0.05, 0.1) is 5.02 Å². The summed E-state index contributed by atoms with van der Waals surface area (Å²) in [6, 6.07) is 8.99. The number of alkyl halides is 2. The summed E-state index contributed by atoms with van der Waals surface area (Å²) in [6.45, 7) is -1.39. The summed E-state index contributed by atoms with van der Waals surface area (Å²) in [6.07, 6.45) is 0. The number of ether oxygens (including phenoxy) is 2. The van der Waals surface area contributed by atoms with Gasteiger partial charge in [0.2, 0.25) is 0 Å². The molecule has 0 aromatic heterocycles. The van der Waals surface area contributed by atoms with Crippen LogP contribution in [0.3, 0.4) is 0 Å². The summed E-state index contributed by atoms with van der Waals surface area (Å²) in [7, 11) is 0. The number of nitrogens with one attached hydrogen (secondary N) is 1. The van der Waals surface area contributed by atoms with Gasteiger partial charge in [0.15, 0.2) is 6.61 Å². The molecule has 0 unspecified atom stereocenters. The van der Waals surface area contributed by atoms with E-state index in [0.29, 0.717) is 16.5 Å². The maximum absolute atomic E-state index is 12.2. The molecule has 2 aromatic carbocycles. The number of rotatable bonds is 6. The van der Waals surface area contributed by atoms with E-state index in [1.165, 1.54) is 18.2 Å². The Hall–Kier alpha value is -2.05. The zero-order valence-corrected chi connectivity index (χ0v) is 14.0. The lowest BCUT2D eigenvalue weighted by Gasteiger charge is -2.11. The zero-order valence-electron chi connectivity index (χ0n) is 12.5. The zero-order chi connectivity index (χ0) is 17.7. The minimum absolute atomic E-state index is 0.0393. The molecule has 2 aromatic rings. The van der Waals surface area contributed by atoms with Gasteiger partial charge in [-0.2, -0.15) is 8.78 Å². The van der Waals surface area contributed by atoms with Gasteiger partial charge in [-0.1, -0.05) is 23.2 Å². The van der Waals surface area contributed by atoms with Crippen molar-refractivity contribution in [3.8, 4) is 11.5 Å². The molecule has 0 fully saturated rings. The number of anilines is 1. The van der Waals surface area contributed by atoms with Gasteiger partial charge < -0.3 is 14.8 Å². The summed E-state index contributed by atoms with van der Waals surface area (Å²) < 4.78 is 33.9. The topological polar surface area (TPSA) is 47.6 Å². The molecule has 0 radical (unpaired) electrons. The van der Waals surface area contributed by atoms with Crippen molar-refractivity contribution in [3.63, 3.8) is 0 Å². The quantitative estimate of drug-likeness (QED) is 0.779. The predicted molar refractivity (Wildman–Crippen MR) is 88.4 cm³/mol. The number of hydrogen-bond donors (Lipinski definition) is 1. The van der Waals surface area contributed by atoms with Gasteiger partial charge >= 0.3 is 6.61 Å². The second-order valence-corrected chi connectivity index (χ2v) is 5.61. The number of carbonyl (C=O) groups excluding carboxylic acids is 1. The maximum Gasteiger partial charge on any atom is 0.387 e. The van der Waals surface area contributed by atoms with Crippen molar-refractivity contribution in [3.05, 3.63) is 52.0 Å². The first-order valence-electron chi connectivity index (χ1n) is 6.78. The number of halogens is 4. The lowest BCUT2D eigenvalue weighted by atomic mass is 10.2. The average Bonchev–Trinajstić information content (AvgIpc) is 2.49. The van der Waals surface area contributed by atoms with Gasteiger partial charge in [-0.05, 0) is 48.9 Å². The van der Waals surface area contributed by atoms with Crippen LogP contribution in [0, 0.1) is 6.92 Å². The third-order valence-electron chi connectivity index (χ3n) is 2.93. The first-order chi connectivity index (χ1) is 11.3. The van der Waals surface area contributed by atoms with Crippen LogP contribution < -0.4 is 14.8 Å².